The number of hydrogen-bond acceptors (Lipinski definition) is 1. The summed E-state index contributed by atoms with van der Waals surface area (Å²) < 4.78 is 19.2. The molecule has 3 heteroatoms. The molecule has 1 aliphatic rings. The predicted molar refractivity (Wildman–Crippen MR) is 77.2 cm³/mol. The normalized spacial score (nSPS) is 15.4. The van der Waals surface area contributed by atoms with Gasteiger partial charge in [-0.15, -0.1) is 0 Å². The molecule has 0 aromatic heterocycles. The Morgan fingerprint density at radius 1 is 1.26 bits per heavy atom. The molecule has 1 nitrogen and oxygen atoms in total. The number of allylic oxidation sites excluding steroid dienone is 2. The first-order chi connectivity index (χ1) is 9.20. The molecular weight excluding hydrogens is 263 g/mol. The number of ether oxygens (including phenoxy) is 1. The quantitative estimate of drug-likeness (QED) is 0.724. The average molecular weight is 281 g/mol. The van der Waals surface area contributed by atoms with Crippen molar-refractivity contribution in [3.05, 3.63) is 52.3 Å². The van der Waals surface area contributed by atoms with Gasteiger partial charge in [0.15, 0.2) is 0 Å². The highest BCUT2D eigenvalue weighted by Gasteiger charge is 2.15. The van der Waals surface area contributed by atoms with E-state index in [9.17, 15) is 4.39 Å². The van der Waals surface area contributed by atoms with E-state index < -0.39 is 0 Å². The zero-order chi connectivity index (χ0) is 13.7. The number of hydrogen-bond donors (Lipinski definition) is 0. The SMILES string of the molecule is CCCc1ccc(OCC2=C(F)CCC=C2Cl)cc1. The summed E-state index contributed by atoms with van der Waals surface area (Å²) in [5.41, 5.74) is 1.77. The van der Waals surface area contributed by atoms with Gasteiger partial charge < -0.3 is 4.74 Å². The monoisotopic (exact) mass is 280 g/mol. The van der Waals surface area contributed by atoms with Gasteiger partial charge in [-0.2, -0.15) is 0 Å². The largest absolute Gasteiger partial charge is 0.489 e. The lowest BCUT2D eigenvalue weighted by Gasteiger charge is -2.14. The summed E-state index contributed by atoms with van der Waals surface area (Å²) >= 11 is 5.99. The molecule has 19 heavy (non-hydrogen) atoms. The van der Waals surface area contributed by atoms with Gasteiger partial charge in [0.2, 0.25) is 0 Å². The standard InChI is InChI=1S/C16H18ClFO/c1-2-4-12-7-9-13(10-8-12)19-11-14-15(17)5-3-6-16(14)18/h5,7-10H,2-4,6,11H2,1H3. The summed E-state index contributed by atoms with van der Waals surface area (Å²) in [5.74, 6) is 0.588. The molecule has 0 heterocycles. The fraction of sp³-hybridized carbons (Fsp3) is 0.375. The van der Waals surface area contributed by atoms with Crippen molar-refractivity contribution in [2.75, 3.05) is 6.61 Å². The number of benzene rings is 1. The minimum atomic E-state index is -0.157. The van der Waals surface area contributed by atoms with Gasteiger partial charge in [-0.25, -0.2) is 4.39 Å². The summed E-state index contributed by atoms with van der Waals surface area (Å²) in [6.07, 6.45) is 5.12. The Balaban J connectivity index is 1.97. The average Bonchev–Trinajstić information content (AvgIpc) is 2.40. The first-order valence-electron chi connectivity index (χ1n) is 6.66. The van der Waals surface area contributed by atoms with Crippen LogP contribution in [0.15, 0.2) is 46.8 Å². The fourth-order valence-electron chi connectivity index (χ4n) is 2.07. The molecule has 0 saturated carbocycles. The van der Waals surface area contributed by atoms with Crippen LogP contribution in [0.25, 0.3) is 0 Å². The maximum atomic E-state index is 13.6. The molecule has 0 radical (unpaired) electrons. The van der Waals surface area contributed by atoms with Gasteiger partial charge in [0.05, 0.1) is 0 Å². The number of rotatable bonds is 5. The van der Waals surface area contributed by atoms with Crippen LogP contribution in [-0.4, -0.2) is 6.61 Å². The van der Waals surface area contributed by atoms with Crippen LogP contribution in [0, 0.1) is 0 Å². The second-order valence-electron chi connectivity index (χ2n) is 4.66. The van der Waals surface area contributed by atoms with Gasteiger partial charge >= 0.3 is 0 Å². The lowest BCUT2D eigenvalue weighted by molar-refractivity contribution is 0.347. The number of aryl methyl sites for hydroxylation is 1. The van der Waals surface area contributed by atoms with E-state index >= 15 is 0 Å². The predicted octanol–water partition coefficient (Wildman–Crippen LogP) is 5.16. The molecule has 1 aromatic carbocycles. The summed E-state index contributed by atoms with van der Waals surface area (Å²) in [4.78, 5) is 0. The van der Waals surface area contributed by atoms with E-state index in [0.29, 0.717) is 23.4 Å². The maximum absolute atomic E-state index is 13.6. The lowest BCUT2D eigenvalue weighted by Crippen LogP contribution is -2.06. The zero-order valence-electron chi connectivity index (χ0n) is 11.1. The fourth-order valence-corrected chi connectivity index (χ4v) is 2.34. The second-order valence-corrected chi connectivity index (χ2v) is 5.06. The Bertz CT molecular complexity index is 488. The second kappa shape index (κ2) is 6.76. The van der Waals surface area contributed by atoms with Gasteiger partial charge in [0, 0.05) is 17.0 Å². The summed E-state index contributed by atoms with van der Waals surface area (Å²) in [5, 5.41) is 0.478. The first kappa shape index (κ1) is 14.1. The Labute approximate surface area is 118 Å². The van der Waals surface area contributed by atoms with E-state index in [0.717, 1.165) is 18.6 Å². The highest BCUT2D eigenvalue weighted by molar-refractivity contribution is 6.32. The van der Waals surface area contributed by atoms with Crippen molar-refractivity contribution in [2.45, 2.75) is 32.6 Å². The lowest BCUT2D eigenvalue weighted by atomic mass is 10.1. The summed E-state index contributed by atoms with van der Waals surface area (Å²) in [6, 6.07) is 7.93. The third kappa shape index (κ3) is 3.84. The Hall–Kier alpha value is -1.28. The van der Waals surface area contributed by atoms with Crippen LogP contribution in [0.1, 0.15) is 31.7 Å². The zero-order valence-corrected chi connectivity index (χ0v) is 11.8. The molecule has 0 atom stereocenters. The van der Waals surface area contributed by atoms with Crippen molar-refractivity contribution >= 4 is 11.6 Å². The molecule has 1 aromatic rings. The van der Waals surface area contributed by atoms with E-state index in [1.165, 1.54) is 5.56 Å². The van der Waals surface area contributed by atoms with E-state index in [-0.39, 0.29) is 12.4 Å². The van der Waals surface area contributed by atoms with E-state index in [2.05, 4.69) is 6.92 Å². The molecule has 0 N–H and O–H groups in total. The van der Waals surface area contributed by atoms with Crippen LogP contribution in [0.4, 0.5) is 4.39 Å². The summed E-state index contributed by atoms with van der Waals surface area (Å²) in [6.45, 7) is 2.34. The molecule has 102 valence electrons. The van der Waals surface area contributed by atoms with Crippen LogP contribution in [-0.2, 0) is 6.42 Å². The van der Waals surface area contributed by atoms with Crippen molar-refractivity contribution in [2.24, 2.45) is 0 Å². The van der Waals surface area contributed by atoms with E-state index in [1.54, 1.807) is 0 Å². The highest BCUT2D eigenvalue weighted by Crippen LogP contribution is 2.29. The van der Waals surface area contributed by atoms with Crippen LogP contribution >= 0.6 is 11.6 Å². The van der Waals surface area contributed by atoms with Crippen molar-refractivity contribution in [3.63, 3.8) is 0 Å². The van der Waals surface area contributed by atoms with Crippen LogP contribution in [0.5, 0.6) is 5.75 Å². The molecule has 0 amide bonds. The molecule has 2 rings (SSSR count). The Kier molecular flexibility index (Phi) is 5.03. The van der Waals surface area contributed by atoms with Gasteiger partial charge in [-0.1, -0.05) is 43.2 Å². The third-order valence-corrected chi connectivity index (χ3v) is 3.53. The number of halogens is 2. The van der Waals surface area contributed by atoms with Gasteiger partial charge in [0.1, 0.15) is 18.2 Å². The van der Waals surface area contributed by atoms with Crippen LogP contribution < -0.4 is 4.74 Å². The molecule has 0 fully saturated rings. The van der Waals surface area contributed by atoms with Crippen molar-refractivity contribution < 1.29 is 9.13 Å². The van der Waals surface area contributed by atoms with Crippen LogP contribution in [0.3, 0.4) is 0 Å². The third-order valence-electron chi connectivity index (χ3n) is 3.15. The minimum Gasteiger partial charge on any atom is -0.489 e. The Morgan fingerprint density at radius 3 is 2.63 bits per heavy atom. The smallest absolute Gasteiger partial charge is 0.119 e. The topological polar surface area (TPSA) is 9.23 Å². The van der Waals surface area contributed by atoms with Crippen LogP contribution in [0.2, 0.25) is 0 Å². The molecule has 0 spiro atoms. The first-order valence-corrected chi connectivity index (χ1v) is 7.03. The van der Waals surface area contributed by atoms with Gasteiger partial charge in [0.25, 0.3) is 0 Å². The van der Waals surface area contributed by atoms with Crippen molar-refractivity contribution in [3.8, 4) is 5.75 Å². The molecule has 0 aliphatic heterocycles. The van der Waals surface area contributed by atoms with E-state index in [1.807, 2.05) is 30.3 Å². The van der Waals surface area contributed by atoms with Gasteiger partial charge in [-0.05, 0) is 30.5 Å². The highest BCUT2D eigenvalue weighted by atomic mass is 35.5. The molecular formula is C16H18ClFO. The Morgan fingerprint density at radius 2 is 2.00 bits per heavy atom. The molecule has 0 bridgehead atoms. The maximum Gasteiger partial charge on any atom is 0.119 e. The van der Waals surface area contributed by atoms with E-state index in [4.69, 9.17) is 16.3 Å². The molecule has 1 aliphatic carbocycles. The summed E-state index contributed by atoms with van der Waals surface area (Å²) in [7, 11) is 0. The van der Waals surface area contributed by atoms with Crippen molar-refractivity contribution in [1.82, 2.24) is 0 Å². The molecule has 0 saturated heterocycles. The van der Waals surface area contributed by atoms with Crippen molar-refractivity contribution in [1.29, 1.82) is 0 Å². The minimum absolute atomic E-state index is 0.157. The van der Waals surface area contributed by atoms with Gasteiger partial charge in [-0.3, -0.25) is 0 Å². The molecule has 0 unspecified atom stereocenters.